The van der Waals surface area contributed by atoms with Gasteiger partial charge in [-0.25, -0.2) is 9.97 Å². The first kappa shape index (κ1) is 20.6. The molecule has 4 saturated carbocycles. The summed E-state index contributed by atoms with van der Waals surface area (Å²) in [7, 11) is 0. The molecule has 1 saturated heterocycles. The molecule has 0 spiro atoms. The molecule has 2 bridgehead atoms. The molecule has 34 heavy (non-hydrogen) atoms. The number of nitrogens with zero attached hydrogens (tertiary/aromatic N) is 6. The molecule has 4 aliphatic carbocycles. The van der Waals surface area contributed by atoms with E-state index in [-0.39, 0.29) is 25.4 Å². The van der Waals surface area contributed by atoms with Gasteiger partial charge in [0.25, 0.3) is 0 Å². The Kier molecular flexibility index (Phi) is 4.05. The fraction of sp³-hybridized carbons (Fsp3) is 0.583. The zero-order valence-electron chi connectivity index (χ0n) is 18.8. The number of fused-ring (bicyclic) bond motifs is 1. The van der Waals surface area contributed by atoms with Gasteiger partial charge < -0.3 is 9.64 Å². The topological polar surface area (TPSA) is 69.0 Å². The quantitative estimate of drug-likeness (QED) is 0.562. The molecule has 8 rings (SSSR count). The van der Waals surface area contributed by atoms with Crippen molar-refractivity contribution in [3.63, 3.8) is 0 Å². The van der Waals surface area contributed by atoms with E-state index in [1.165, 1.54) is 0 Å². The monoisotopic (exact) mass is 470 g/mol. The first-order chi connectivity index (χ1) is 16.3. The first-order valence-electron chi connectivity index (χ1n) is 11.9. The predicted octanol–water partition coefficient (Wildman–Crippen LogP) is 4.43. The van der Waals surface area contributed by atoms with Crippen molar-refractivity contribution >= 4 is 17.0 Å². The normalized spacial score (nSPS) is 30.8. The van der Waals surface area contributed by atoms with Crippen molar-refractivity contribution in [3.8, 4) is 0 Å². The highest BCUT2D eigenvalue weighted by molar-refractivity contribution is 5.81. The molecule has 0 amide bonds. The average Bonchev–Trinajstić information content (AvgIpc) is 3.47. The van der Waals surface area contributed by atoms with E-state index >= 15 is 0 Å². The Balaban J connectivity index is 1.22. The van der Waals surface area contributed by atoms with Gasteiger partial charge in [0, 0.05) is 34.8 Å². The lowest BCUT2D eigenvalue weighted by atomic mass is 9.33. The Bertz CT molecular complexity index is 1280. The second-order valence-electron chi connectivity index (χ2n) is 10.6. The molecule has 0 unspecified atom stereocenters. The number of hydrogen-bond acceptors (Lipinski definition) is 6. The van der Waals surface area contributed by atoms with Crippen LogP contribution >= 0.6 is 0 Å². The van der Waals surface area contributed by atoms with Gasteiger partial charge in [0.2, 0.25) is 5.95 Å². The van der Waals surface area contributed by atoms with Gasteiger partial charge in [0.15, 0.2) is 5.65 Å². The molecule has 0 aromatic carbocycles. The van der Waals surface area contributed by atoms with E-state index < -0.39 is 17.0 Å². The summed E-state index contributed by atoms with van der Waals surface area (Å²) in [4.78, 5) is 16.3. The van der Waals surface area contributed by atoms with Crippen molar-refractivity contribution in [2.45, 2.75) is 62.8 Å². The highest BCUT2D eigenvalue weighted by Gasteiger charge is 2.79. The highest BCUT2D eigenvalue weighted by Crippen LogP contribution is 2.78. The van der Waals surface area contributed by atoms with Crippen LogP contribution in [0.2, 0.25) is 0 Å². The van der Waals surface area contributed by atoms with E-state index in [0.717, 1.165) is 35.2 Å². The third-order valence-corrected chi connectivity index (χ3v) is 8.08. The third kappa shape index (κ3) is 2.93. The molecular weight excluding hydrogens is 445 g/mol. The number of halogens is 3. The number of rotatable bonds is 4. The number of morpholine rings is 1. The maximum Gasteiger partial charge on any atom is 0.394 e. The summed E-state index contributed by atoms with van der Waals surface area (Å²) in [6, 6.07) is 4.29. The molecule has 3 aromatic heterocycles. The van der Waals surface area contributed by atoms with Crippen LogP contribution in [0.4, 0.5) is 19.1 Å². The van der Waals surface area contributed by atoms with Crippen molar-refractivity contribution < 1.29 is 17.9 Å². The lowest BCUT2D eigenvalue weighted by Gasteiger charge is -2.70. The Labute approximate surface area is 194 Å². The number of aromatic nitrogens is 5. The number of aryl methyl sites for hydroxylation is 1. The summed E-state index contributed by atoms with van der Waals surface area (Å²) in [6.07, 6.45) is 2.26. The Morgan fingerprint density at radius 3 is 2.62 bits per heavy atom. The van der Waals surface area contributed by atoms with Gasteiger partial charge in [-0.1, -0.05) is 0 Å². The van der Waals surface area contributed by atoms with Crippen LogP contribution in [-0.4, -0.2) is 50.6 Å². The molecule has 0 N–H and O–H groups in total. The minimum Gasteiger partial charge on any atom is -0.370 e. The van der Waals surface area contributed by atoms with Gasteiger partial charge in [-0.2, -0.15) is 23.3 Å². The molecule has 0 radical (unpaired) electrons. The zero-order valence-corrected chi connectivity index (χ0v) is 18.8. The van der Waals surface area contributed by atoms with E-state index in [1.54, 1.807) is 0 Å². The second-order valence-corrected chi connectivity index (χ2v) is 10.6. The summed E-state index contributed by atoms with van der Waals surface area (Å²) in [5, 5.41) is 5.25. The van der Waals surface area contributed by atoms with Crippen LogP contribution in [0.1, 0.15) is 61.2 Å². The van der Waals surface area contributed by atoms with E-state index in [9.17, 15) is 13.2 Å². The molecule has 7 nitrogen and oxygen atoms in total. The third-order valence-electron chi connectivity index (χ3n) is 8.08. The highest BCUT2D eigenvalue weighted by atomic mass is 19.4. The lowest BCUT2D eigenvalue weighted by Crippen LogP contribution is -2.70. The van der Waals surface area contributed by atoms with Crippen LogP contribution < -0.4 is 4.90 Å². The molecule has 5 aliphatic rings. The summed E-state index contributed by atoms with van der Waals surface area (Å²) in [5.41, 5.74) is 1.05. The molecule has 5 fully saturated rings. The standard InChI is InChI=1S/C24H25F3N6O/c1-14-2-5-17-19(22-11-23(12-22,13-22)24(25,26)27)30-21(31-20(17)29-14)32-6-7-34-18(10-32)15-8-28-33(9-15)16-3-4-16/h2,5,8-9,16,18H,3-4,6-7,10-13H2,1H3/t18-,22?,23?/m1/s1. The van der Waals surface area contributed by atoms with Gasteiger partial charge in [0.05, 0.1) is 36.5 Å². The minimum atomic E-state index is -4.16. The maximum absolute atomic E-state index is 13.5. The average molecular weight is 470 g/mol. The predicted molar refractivity (Wildman–Crippen MR) is 117 cm³/mol. The zero-order chi connectivity index (χ0) is 23.3. The van der Waals surface area contributed by atoms with Crippen LogP contribution in [0.25, 0.3) is 11.0 Å². The van der Waals surface area contributed by atoms with Crippen molar-refractivity contribution in [2.75, 3.05) is 24.6 Å². The molecule has 1 atom stereocenters. The molecule has 178 valence electrons. The van der Waals surface area contributed by atoms with Gasteiger partial charge in [0.1, 0.15) is 6.10 Å². The summed E-state index contributed by atoms with van der Waals surface area (Å²) >= 11 is 0. The van der Waals surface area contributed by atoms with Crippen molar-refractivity contribution in [1.29, 1.82) is 0 Å². The number of anilines is 1. The van der Waals surface area contributed by atoms with Gasteiger partial charge in [-0.05, 0) is 51.2 Å². The van der Waals surface area contributed by atoms with Crippen molar-refractivity contribution in [1.82, 2.24) is 24.7 Å². The van der Waals surface area contributed by atoms with Gasteiger partial charge in [-0.3, -0.25) is 4.68 Å². The summed E-state index contributed by atoms with van der Waals surface area (Å²) < 4.78 is 48.6. The minimum absolute atomic E-state index is 0.106. The molecule has 4 heterocycles. The van der Waals surface area contributed by atoms with E-state index in [1.807, 2.05) is 29.9 Å². The second kappa shape index (κ2) is 6.68. The van der Waals surface area contributed by atoms with Gasteiger partial charge in [-0.15, -0.1) is 0 Å². The largest absolute Gasteiger partial charge is 0.394 e. The number of hydrogen-bond donors (Lipinski definition) is 0. The van der Waals surface area contributed by atoms with Crippen LogP contribution in [0.5, 0.6) is 0 Å². The lowest BCUT2D eigenvalue weighted by molar-refractivity contribution is -0.337. The molecule has 3 aromatic rings. The van der Waals surface area contributed by atoms with Crippen LogP contribution in [0.3, 0.4) is 0 Å². The fourth-order valence-corrected chi connectivity index (χ4v) is 6.07. The number of alkyl halides is 3. The van der Waals surface area contributed by atoms with E-state index in [4.69, 9.17) is 14.7 Å². The van der Waals surface area contributed by atoms with Crippen molar-refractivity contribution in [3.05, 3.63) is 41.5 Å². The Morgan fingerprint density at radius 2 is 1.88 bits per heavy atom. The summed E-state index contributed by atoms with van der Waals surface area (Å²) in [6.45, 7) is 3.58. The molecule has 10 heteroatoms. The smallest absolute Gasteiger partial charge is 0.370 e. The van der Waals surface area contributed by atoms with Crippen LogP contribution in [0, 0.1) is 12.3 Å². The van der Waals surface area contributed by atoms with Crippen LogP contribution in [-0.2, 0) is 10.2 Å². The number of ether oxygens (including phenoxy) is 1. The first-order valence-corrected chi connectivity index (χ1v) is 11.9. The fourth-order valence-electron chi connectivity index (χ4n) is 6.07. The Morgan fingerprint density at radius 1 is 1.09 bits per heavy atom. The number of pyridine rings is 1. The SMILES string of the molecule is Cc1ccc2c(C34CC(C(F)(F)F)(C3)C4)nc(N3CCO[C@@H](c4cnn(C5CC5)c4)C3)nc2n1. The van der Waals surface area contributed by atoms with Gasteiger partial charge >= 0.3 is 6.18 Å². The van der Waals surface area contributed by atoms with Crippen LogP contribution in [0.15, 0.2) is 24.5 Å². The Hall–Kier alpha value is -2.75. The maximum atomic E-state index is 13.5. The molecular formula is C24H25F3N6O. The molecule has 1 aliphatic heterocycles. The van der Waals surface area contributed by atoms with E-state index in [2.05, 4.69) is 21.2 Å². The van der Waals surface area contributed by atoms with E-state index in [0.29, 0.717) is 37.3 Å². The summed E-state index contributed by atoms with van der Waals surface area (Å²) in [5.74, 6) is 0.522. The van der Waals surface area contributed by atoms with Crippen molar-refractivity contribution in [2.24, 2.45) is 5.41 Å².